The number of ether oxygens (including phenoxy) is 3. The first-order chi connectivity index (χ1) is 18.3. The van der Waals surface area contributed by atoms with Crippen LogP contribution >= 0.6 is 0 Å². The number of hydrogen-bond donors (Lipinski definition) is 3. The molecule has 2 saturated heterocycles. The van der Waals surface area contributed by atoms with Gasteiger partial charge in [0, 0.05) is 11.0 Å². The van der Waals surface area contributed by atoms with Gasteiger partial charge in [-0.15, -0.1) is 0 Å². The molecule has 210 valence electrons. The maximum atomic E-state index is 13.4. The fourth-order valence-corrected chi connectivity index (χ4v) is 9.46. The number of carbonyl (C=O) groups excluding carboxylic acids is 1. The predicted octanol–water partition coefficient (Wildman–Crippen LogP) is 1.17. The lowest BCUT2D eigenvalue weighted by Crippen LogP contribution is -2.76. The van der Waals surface area contributed by atoms with Crippen molar-refractivity contribution < 1.29 is 51.7 Å². The van der Waals surface area contributed by atoms with E-state index in [0.717, 1.165) is 29.8 Å². The summed E-state index contributed by atoms with van der Waals surface area (Å²) in [4.78, 5) is 23.3. The highest BCUT2D eigenvalue weighted by atomic mass is 32.2. The predicted molar refractivity (Wildman–Crippen MR) is 130 cm³/mol. The van der Waals surface area contributed by atoms with Crippen molar-refractivity contribution in [2.24, 2.45) is 17.3 Å². The minimum absolute atomic E-state index is 0.0920. The zero-order valence-electron chi connectivity index (χ0n) is 21.6. The van der Waals surface area contributed by atoms with Crippen molar-refractivity contribution in [3.63, 3.8) is 0 Å². The number of aromatic carboxylic acids is 1. The third-order valence-electron chi connectivity index (χ3n) is 10.5. The van der Waals surface area contributed by atoms with Gasteiger partial charge < -0.3 is 29.5 Å². The molecule has 11 nitrogen and oxygen atoms in total. The second kappa shape index (κ2) is 7.48. The fraction of sp³-hybridized carbons (Fsp3) is 0.630. The number of fused-ring (bicyclic) bond motifs is 2. The zero-order valence-corrected chi connectivity index (χ0v) is 22.4. The van der Waals surface area contributed by atoms with Crippen molar-refractivity contribution in [1.82, 2.24) is 0 Å². The Morgan fingerprint density at radius 3 is 2.51 bits per heavy atom. The lowest BCUT2D eigenvalue weighted by molar-refractivity contribution is -0.216. The number of aliphatic hydroxyl groups excluding tert-OH is 1. The molecule has 12 heteroatoms. The summed E-state index contributed by atoms with van der Waals surface area (Å²) in [6.07, 6.45) is -2.84. The smallest absolute Gasteiger partial charge is 0.335 e. The van der Waals surface area contributed by atoms with E-state index in [0.29, 0.717) is 24.8 Å². The highest BCUT2D eigenvalue weighted by molar-refractivity contribution is 7.86. The number of cyclic esters (lactones) is 1. The summed E-state index contributed by atoms with van der Waals surface area (Å²) in [5.74, 6) is -2.31. The van der Waals surface area contributed by atoms with Crippen molar-refractivity contribution >= 4 is 22.1 Å². The third-order valence-corrected chi connectivity index (χ3v) is 11.8. The summed E-state index contributed by atoms with van der Waals surface area (Å²) in [6.45, 7) is 5.55. The largest absolute Gasteiger partial charge is 0.478 e. The van der Waals surface area contributed by atoms with E-state index in [9.17, 15) is 28.2 Å². The average Bonchev–Trinajstić information content (AvgIpc) is 3.78. The summed E-state index contributed by atoms with van der Waals surface area (Å²) < 4.78 is 50.7. The molecule has 3 aliphatic carbocycles. The SMILES string of the molecule is CC(C)[C@]1(O)[C@H](OS(=O)(=O)c2ccc(C(=O)O)cc2)[C@@H]2O[C@]23[C@]2(O[C@H]2C[C@H]2C4=C(CC[C@@]23C)C(=O)OC4)[C@@H]1O. The summed E-state index contributed by atoms with van der Waals surface area (Å²) in [6, 6.07) is 4.56. The molecule has 0 radical (unpaired) electrons. The molecule has 9 atom stereocenters. The molecular formula is C27H30O11S. The third kappa shape index (κ3) is 2.82. The number of epoxide rings is 2. The lowest BCUT2D eigenvalue weighted by Gasteiger charge is -2.57. The van der Waals surface area contributed by atoms with Crippen LogP contribution in [0.4, 0.5) is 0 Å². The van der Waals surface area contributed by atoms with Crippen LogP contribution in [0.2, 0.25) is 0 Å². The first kappa shape index (κ1) is 25.6. The second-order valence-electron chi connectivity index (χ2n) is 12.2. The van der Waals surface area contributed by atoms with E-state index in [1.807, 2.05) is 6.92 Å². The topological polar surface area (TPSA) is 172 Å². The van der Waals surface area contributed by atoms with E-state index in [1.54, 1.807) is 13.8 Å². The van der Waals surface area contributed by atoms with Gasteiger partial charge in [-0.05, 0) is 60.9 Å². The lowest BCUT2D eigenvalue weighted by atomic mass is 9.45. The van der Waals surface area contributed by atoms with E-state index in [2.05, 4.69) is 0 Å². The van der Waals surface area contributed by atoms with Crippen LogP contribution in [0.15, 0.2) is 40.3 Å². The molecule has 2 saturated carbocycles. The number of carbonyl (C=O) groups is 2. The van der Waals surface area contributed by atoms with Gasteiger partial charge >= 0.3 is 11.9 Å². The fourth-order valence-electron chi connectivity index (χ4n) is 8.35. The average molecular weight is 563 g/mol. The van der Waals surface area contributed by atoms with E-state index in [4.69, 9.17) is 23.5 Å². The maximum absolute atomic E-state index is 13.4. The summed E-state index contributed by atoms with van der Waals surface area (Å²) in [5.41, 5.74) is -3.58. The van der Waals surface area contributed by atoms with Gasteiger partial charge in [0.25, 0.3) is 10.1 Å². The summed E-state index contributed by atoms with van der Waals surface area (Å²) in [7, 11) is -4.51. The molecule has 0 aromatic heterocycles. The molecule has 3 aliphatic heterocycles. The normalized spacial score (nSPS) is 45.5. The number of hydrogen-bond acceptors (Lipinski definition) is 10. The Balaban J connectivity index is 1.31. The summed E-state index contributed by atoms with van der Waals surface area (Å²) in [5, 5.41) is 33.1. The van der Waals surface area contributed by atoms with Crippen molar-refractivity contribution in [3.05, 3.63) is 41.0 Å². The van der Waals surface area contributed by atoms with Crippen molar-refractivity contribution in [1.29, 1.82) is 0 Å². The van der Waals surface area contributed by atoms with Crippen LogP contribution in [0, 0.1) is 17.3 Å². The second-order valence-corrected chi connectivity index (χ2v) is 13.8. The summed E-state index contributed by atoms with van der Waals surface area (Å²) >= 11 is 0. The molecule has 3 N–H and O–H groups in total. The monoisotopic (exact) mass is 562 g/mol. The minimum atomic E-state index is -4.51. The number of rotatable bonds is 5. The van der Waals surface area contributed by atoms with Crippen LogP contribution in [0.1, 0.15) is 50.4 Å². The molecular weight excluding hydrogens is 532 g/mol. The number of aliphatic hydroxyl groups is 2. The molecule has 39 heavy (non-hydrogen) atoms. The quantitative estimate of drug-likeness (QED) is 0.267. The maximum Gasteiger partial charge on any atom is 0.335 e. The number of carboxylic acids is 1. The van der Waals surface area contributed by atoms with Crippen LogP contribution in [-0.4, -0.2) is 83.5 Å². The molecule has 2 spiro atoms. The van der Waals surface area contributed by atoms with Gasteiger partial charge in [0.1, 0.15) is 36.1 Å². The molecule has 0 bridgehead atoms. The van der Waals surface area contributed by atoms with Crippen LogP contribution in [0.25, 0.3) is 0 Å². The first-order valence-electron chi connectivity index (χ1n) is 13.2. The number of benzene rings is 1. The van der Waals surface area contributed by atoms with Gasteiger partial charge in [-0.25, -0.2) is 9.59 Å². The van der Waals surface area contributed by atoms with E-state index in [-0.39, 0.29) is 29.0 Å². The highest BCUT2D eigenvalue weighted by Crippen LogP contribution is 2.80. The molecule has 1 aromatic carbocycles. The number of carboxylic acid groups (broad SMARTS) is 1. The Labute approximate surface area is 224 Å². The zero-order chi connectivity index (χ0) is 27.9. The highest BCUT2D eigenvalue weighted by Gasteiger charge is 2.97. The Morgan fingerprint density at radius 2 is 1.87 bits per heavy atom. The molecule has 4 fully saturated rings. The van der Waals surface area contributed by atoms with Crippen molar-refractivity contribution in [2.75, 3.05) is 6.61 Å². The molecule has 3 heterocycles. The van der Waals surface area contributed by atoms with Crippen LogP contribution in [0.3, 0.4) is 0 Å². The van der Waals surface area contributed by atoms with E-state index in [1.165, 1.54) is 0 Å². The van der Waals surface area contributed by atoms with Crippen LogP contribution in [-0.2, 0) is 33.3 Å². The van der Waals surface area contributed by atoms with Gasteiger partial charge in [0.15, 0.2) is 5.60 Å². The Morgan fingerprint density at radius 1 is 1.18 bits per heavy atom. The van der Waals surface area contributed by atoms with Gasteiger partial charge in [-0.1, -0.05) is 20.8 Å². The molecule has 0 amide bonds. The minimum Gasteiger partial charge on any atom is -0.478 e. The van der Waals surface area contributed by atoms with Crippen LogP contribution < -0.4 is 0 Å². The van der Waals surface area contributed by atoms with Gasteiger partial charge in [0.05, 0.1) is 16.6 Å². The Kier molecular flexibility index (Phi) is 4.91. The van der Waals surface area contributed by atoms with Gasteiger partial charge in [-0.2, -0.15) is 8.42 Å². The van der Waals surface area contributed by atoms with E-state index < -0.39 is 68.6 Å². The Bertz CT molecular complexity index is 1450. The van der Waals surface area contributed by atoms with Crippen molar-refractivity contribution in [3.8, 4) is 0 Å². The van der Waals surface area contributed by atoms with Gasteiger partial charge in [-0.3, -0.25) is 4.18 Å². The molecule has 1 aromatic rings. The van der Waals surface area contributed by atoms with E-state index >= 15 is 0 Å². The Hall–Kier alpha value is -2.35. The molecule has 6 aliphatic rings. The van der Waals surface area contributed by atoms with Crippen LogP contribution in [0.5, 0.6) is 0 Å². The standard InChI is InChI=1S/C27H30O11S/c1-12(2)25(32)19(38-39(33,34)14-6-4-13(5-7-14)21(28)29)20-27(37-20)24(3)9-8-15-16(11-35-22(15)30)17(24)10-18-26(27,36-18)23(25)31/h4-7,12,17-20,23,31-32H,8-11H2,1-3H3,(H,28,29)/t17-,18-,19+,20-,23+,24-,25-,26+,27+/m0/s1. The molecule has 7 rings (SSSR count). The van der Waals surface area contributed by atoms with Crippen molar-refractivity contribution in [2.45, 2.75) is 86.1 Å². The van der Waals surface area contributed by atoms with Gasteiger partial charge in [0.2, 0.25) is 0 Å². The first-order valence-corrected chi connectivity index (χ1v) is 14.6. The number of esters is 1. The molecule has 0 unspecified atom stereocenters.